The van der Waals surface area contributed by atoms with Crippen LogP contribution in [0.15, 0.2) is 66.7 Å². The first-order valence-corrected chi connectivity index (χ1v) is 10.4. The van der Waals surface area contributed by atoms with Crippen molar-refractivity contribution in [2.75, 3.05) is 27.4 Å². The van der Waals surface area contributed by atoms with Gasteiger partial charge in [-0.1, -0.05) is 48.0 Å². The summed E-state index contributed by atoms with van der Waals surface area (Å²) in [6.45, 7) is 0.435. The monoisotopic (exact) mass is 439 g/mol. The van der Waals surface area contributed by atoms with Crippen LogP contribution in [0.1, 0.15) is 16.7 Å². The lowest BCUT2D eigenvalue weighted by atomic mass is 10.0. The minimum Gasteiger partial charge on any atom is -0.493 e. The van der Waals surface area contributed by atoms with Crippen molar-refractivity contribution in [1.29, 1.82) is 0 Å². The largest absolute Gasteiger partial charge is 0.493 e. The molecule has 0 atom stereocenters. The SMILES string of the molecule is COc1ccc(CCNC(=O)COc2ccc(Cl)cc2Cc2ccccc2)cc1OC. The highest BCUT2D eigenvalue weighted by atomic mass is 35.5. The van der Waals surface area contributed by atoms with Gasteiger partial charge < -0.3 is 19.5 Å². The Bertz CT molecular complexity index is 1010. The molecule has 1 N–H and O–H groups in total. The van der Waals surface area contributed by atoms with E-state index in [2.05, 4.69) is 5.32 Å². The zero-order valence-corrected chi connectivity index (χ0v) is 18.4. The van der Waals surface area contributed by atoms with E-state index in [4.69, 9.17) is 25.8 Å². The predicted molar refractivity (Wildman–Crippen MR) is 122 cm³/mol. The number of ether oxygens (including phenoxy) is 3. The summed E-state index contributed by atoms with van der Waals surface area (Å²) in [5, 5.41) is 3.52. The number of methoxy groups -OCH3 is 2. The first-order valence-electron chi connectivity index (χ1n) is 10.0. The van der Waals surface area contributed by atoms with Crippen LogP contribution < -0.4 is 19.5 Å². The number of nitrogens with one attached hydrogen (secondary N) is 1. The molecule has 3 aromatic rings. The van der Waals surface area contributed by atoms with Crippen molar-refractivity contribution >= 4 is 17.5 Å². The molecule has 3 aromatic carbocycles. The Morgan fingerprint density at radius 1 is 0.871 bits per heavy atom. The van der Waals surface area contributed by atoms with E-state index in [1.54, 1.807) is 26.4 Å². The van der Waals surface area contributed by atoms with Crippen molar-refractivity contribution in [2.24, 2.45) is 0 Å². The molecule has 0 aliphatic heterocycles. The van der Waals surface area contributed by atoms with Gasteiger partial charge in [-0.15, -0.1) is 0 Å². The lowest BCUT2D eigenvalue weighted by molar-refractivity contribution is -0.123. The molecule has 0 unspecified atom stereocenters. The summed E-state index contributed by atoms with van der Waals surface area (Å²) in [6.07, 6.45) is 1.35. The maximum Gasteiger partial charge on any atom is 0.257 e. The van der Waals surface area contributed by atoms with E-state index in [9.17, 15) is 4.79 Å². The third kappa shape index (κ3) is 6.66. The van der Waals surface area contributed by atoms with Gasteiger partial charge in [-0.25, -0.2) is 0 Å². The number of carbonyl (C=O) groups is 1. The molecular weight excluding hydrogens is 414 g/mol. The first kappa shape index (κ1) is 22.5. The summed E-state index contributed by atoms with van der Waals surface area (Å²) < 4.78 is 16.3. The maximum atomic E-state index is 12.3. The molecule has 0 bridgehead atoms. The molecule has 0 aliphatic rings. The minimum atomic E-state index is -0.180. The van der Waals surface area contributed by atoms with Gasteiger partial charge >= 0.3 is 0 Å². The van der Waals surface area contributed by atoms with Gasteiger partial charge in [0.25, 0.3) is 5.91 Å². The average Bonchev–Trinajstić information content (AvgIpc) is 2.79. The van der Waals surface area contributed by atoms with E-state index in [0.717, 1.165) is 16.7 Å². The molecule has 162 valence electrons. The molecule has 0 saturated carbocycles. The topological polar surface area (TPSA) is 56.8 Å². The Hall–Kier alpha value is -3.18. The lowest BCUT2D eigenvalue weighted by Gasteiger charge is -2.13. The normalized spacial score (nSPS) is 10.4. The van der Waals surface area contributed by atoms with Crippen LogP contribution >= 0.6 is 11.6 Å². The van der Waals surface area contributed by atoms with Crippen LogP contribution in [0.3, 0.4) is 0 Å². The van der Waals surface area contributed by atoms with Gasteiger partial charge in [0, 0.05) is 18.0 Å². The van der Waals surface area contributed by atoms with Gasteiger partial charge in [0.2, 0.25) is 0 Å². The fraction of sp³-hybridized carbons (Fsp3) is 0.240. The van der Waals surface area contributed by atoms with E-state index in [0.29, 0.717) is 41.7 Å². The fourth-order valence-corrected chi connectivity index (χ4v) is 3.41. The van der Waals surface area contributed by atoms with Gasteiger partial charge in [0.1, 0.15) is 5.75 Å². The van der Waals surface area contributed by atoms with Crippen LogP contribution in [0.25, 0.3) is 0 Å². The summed E-state index contributed by atoms with van der Waals surface area (Å²) >= 11 is 6.16. The van der Waals surface area contributed by atoms with Crippen molar-refractivity contribution in [3.8, 4) is 17.2 Å². The Morgan fingerprint density at radius 2 is 1.61 bits per heavy atom. The molecule has 0 aromatic heterocycles. The highest BCUT2D eigenvalue weighted by molar-refractivity contribution is 6.30. The molecule has 0 spiro atoms. The van der Waals surface area contributed by atoms with Gasteiger partial charge in [-0.2, -0.15) is 0 Å². The second kappa shape index (κ2) is 11.3. The van der Waals surface area contributed by atoms with Crippen molar-refractivity contribution in [3.05, 3.63) is 88.4 Å². The molecule has 0 fully saturated rings. The Balaban J connectivity index is 1.52. The summed E-state index contributed by atoms with van der Waals surface area (Å²) in [5.74, 6) is 1.82. The highest BCUT2D eigenvalue weighted by Gasteiger charge is 2.10. The van der Waals surface area contributed by atoms with Crippen molar-refractivity contribution < 1.29 is 19.0 Å². The fourth-order valence-electron chi connectivity index (χ4n) is 3.22. The van der Waals surface area contributed by atoms with Gasteiger partial charge in [-0.05, 0) is 53.4 Å². The molecule has 3 rings (SSSR count). The Labute approximate surface area is 187 Å². The van der Waals surface area contributed by atoms with Gasteiger partial charge in [0.05, 0.1) is 14.2 Å². The number of benzene rings is 3. The van der Waals surface area contributed by atoms with Crippen LogP contribution in [0, 0.1) is 0 Å². The van der Waals surface area contributed by atoms with Crippen LogP contribution in [0.4, 0.5) is 0 Å². The summed E-state index contributed by atoms with van der Waals surface area (Å²) in [7, 11) is 3.20. The van der Waals surface area contributed by atoms with E-state index in [1.807, 2.05) is 54.6 Å². The second-order valence-electron chi connectivity index (χ2n) is 6.99. The summed E-state index contributed by atoms with van der Waals surface area (Å²) in [6, 6.07) is 21.2. The van der Waals surface area contributed by atoms with E-state index >= 15 is 0 Å². The number of rotatable bonds is 10. The van der Waals surface area contributed by atoms with Crippen molar-refractivity contribution in [3.63, 3.8) is 0 Å². The number of halogens is 1. The molecule has 1 amide bonds. The Kier molecular flexibility index (Phi) is 8.19. The first-order chi connectivity index (χ1) is 15.1. The summed E-state index contributed by atoms with van der Waals surface area (Å²) in [4.78, 5) is 12.3. The smallest absolute Gasteiger partial charge is 0.257 e. The third-order valence-electron chi connectivity index (χ3n) is 4.80. The second-order valence-corrected chi connectivity index (χ2v) is 7.43. The van der Waals surface area contributed by atoms with E-state index in [-0.39, 0.29) is 12.5 Å². The van der Waals surface area contributed by atoms with Crippen LogP contribution in [0.5, 0.6) is 17.2 Å². The van der Waals surface area contributed by atoms with Crippen LogP contribution in [-0.4, -0.2) is 33.3 Å². The molecule has 5 nitrogen and oxygen atoms in total. The third-order valence-corrected chi connectivity index (χ3v) is 5.04. The van der Waals surface area contributed by atoms with Crippen LogP contribution in [-0.2, 0) is 17.6 Å². The van der Waals surface area contributed by atoms with E-state index in [1.165, 1.54) is 0 Å². The predicted octanol–water partition coefficient (Wildman–Crippen LogP) is 4.69. The van der Waals surface area contributed by atoms with Gasteiger partial charge in [0.15, 0.2) is 18.1 Å². The molecule has 6 heteroatoms. The lowest BCUT2D eigenvalue weighted by Crippen LogP contribution is -2.30. The van der Waals surface area contributed by atoms with Crippen LogP contribution in [0.2, 0.25) is 5.02 Å². The molecule has 0 aliphatic carbocycles. The average molecular weight is 440 g/mol. The number of amides is 1. The standard InChI is InChI=1S/C25H26ClNO4/c1-29-23-10-8-19(15-24(23)30-2)12-13-27-25(28)17-31-22-11-9-21(26)16-20(22)14-18-6-4-3-5-7-18/h3-11,15-16H,12-14,17H2,1-2H3,(H,27,28). The van der Waals surface area contributed by atoms with Crippen molar-refractivity contribution in [1.82, 2.24) is 5.32 Å². The molecular formula is C25H26ClNO4. The number of hydrogen-bond donors (Lipinski definition) is 1. The zero-order chi connectivity index (χ0) is 22.1. The van der Waals surface area contributed by atoms with E-state index < -0.39 is 0 Å². The number of hydrogen-bond acceptors (Lipinski definition) is 4. The summed E-state index contributed by atoms with van der Waals surface area (Å²) in [5.41, 5.74) is 3.13. The zero-order valence-electron chi connectivity index (χ0n) is 17.7. The minimum absolute atomic E-state index is 0.0602. The molecule has 0 heterocycles. The highest BCUT2D eigenvalue weighted by Crippen LogP contribution is 2.28. The Morgan fingerprint density at radius 3 is 2.35 bits per heavy atom. The maximum absolute atomic E-state index is 12.3. The van der Waals surface area contributed by atoms with Gasteiger partial charge in [-0.3, -0.25) is 4.79 Å². The molecule has 0 saturated heterocycles. The number of carbonyl (C=O) groups excluding carboxylic acids is 1. The molecule has 0 radical (unpaired) electrons. The van der Waals surface area contributed by atoms with Crippen molar-refractivity contribution in [2.45, 2.75) is 12.8 Å². The quantitative estimate of drug-likeness (QED) is 0.498. The molecule has 31 heavy (non-hydrogen) atoms.